The summed E-state index contributed by atoms with van der Waals surface area (Å²) in [6.07, 6.45) is 0. The van der Waals surface area contributed by atoms with Gasteiger partial charge in [0, 0.05) is 27.7 Å². The fourth-order valence-corrected chi connectivity index (χ4v) is 9.40. The number of furan rings is 1. The van der Waals surface area contributed by atoms with Crippen molar-refractivity contribution in [3.05, 3.63) is 156 Å². The summed E-state index contributed by atoms with van der Waals surface area (Å²) in [6, 6.07) is 52.7. The van der Waals surface area contributed by atoms with Crippen LogP contribution in [0.2, 0.25) is 0 Å². The van der Waals surface area contributed by atoms with Gasteiger partial charge >= 0.3 is 0 Å². The molecule has 0 N–H and O–H groups in total. The molecule has 0 bridgehead atoms. The summed E-state index contributed by atoms with van der Waals surface area (Å²) in [6.45, 7) is 21.0. The van der Waals surface area contributed by atoms with Crippen LogP contribution in [0.1, 0.15) is 79.0 Å². The second-order valence-electron chi connectivity index (χ2n) is 19.4. The molecule has 3 heteroatoms. The van der Waals surface area contributed by atoms with E-state index in [1.165, 1.54) is 83.5 Å². The Labute approximate surface area is 338 Å². The van der Waals surface area contributed by atoms with Crippen molar-refractivity contribution >= 4 is 62.1 Å². The molecule has 10 rings (SSSR count). The molecule has 0 fully saturated rings. The van der Waals surface area contributed by atoms with Gasteiger partial charge in [-0.15, -0.1) is 0 Å². The first kappa shape index (κ1) is 35.6. The van der Waals surface area contributed by atoms with Gasteiger partial charge in [-0.1, -0.05) is 165 Å². The number of benzene rings is 7. The first-order chi connectivity index (χ1) is 27.2. The van der Waals surface area contributed by atoms with E-state index in [9.17, 15) is 0 Å². The number of rotatable bonds is 3. The predicted molar refractivity (Wildman–Crippen MR) is 245 cm³/mol. The predicted octanol–water partition coefficient (Wildman–Crippen LogP) is 13.1. The highest BCUT2D eigenvalue weighted by Gasteiger charge is 2.44. The largest absolute Gasteiger partial charge is 0.456 e. The highest BCUT2D eigenvalue weighted by atomic mass is 16.3. The van der Waals surface area contributed by atoms with Crippen molar-refractivity contribution < 1.29 is 4.42 Å². The highest BCUT2D eigenvalue weighted by molar-refractivity contribution is 7.01. The quantitative estimate of drug-likeness (QED) is 0.168. The van der Waals surface area contributed by atoms with Crippen molar-refractivity contribution in [2.24, 2.45) is 0 Å². The van der Waals surface area contributed by atoms with Gasteiger partial charge in [0.15, 0.2) is 0 Å². The average Bonchev–Trinajstić information content (AvgIpc) is 3.73. The first-order valence-electron chi connectivity index (χ1n) is 20.5. The number of nitrogens with zero attached hydrogens (tertiary/aromatic N) is 1. The van der Waals surface area contributed by atoms with Crippen LogP contribution >= 0.6 is 0 Å². The van der Waals surface area contributed by atoms with E-state index in [2.05, 4.69) is 207 Å². The minimum Gasteiger partial charge on any atom is -0.456 e. The van der Waals surface area contributed by atoms with E-state index in [4.69, 9.17) is 4.42 Å². The fourth-order valence-electron chi connectivity index (χ4n) is 9.40. The molecule has 0 unspecified atom stereocenters. The second kappa shape index (κ2) is 12.4. The maximum atomic E-state index is 6.46. The summed E-state index contributed by atoms with van der Waals surface area (Å²) in [4.78, 5) is 2.60. The molecule has 57 heavy (non-hydrogen) atoms. The van der Waals surface area contributed by atoms with Crippen LogP contribution in [-0.4, -0.2) is 6.71 Å². The summed E-state index contributed by atoms with van der Waals surface area (Å²) in [5.41, 5.74) is 21.2. The Morgan fingerprint density at radius 3 is 1.75 bits per heavy atom. The zero-order chi connectivity index (χ0) is 39.6. The highest BCUT2D eigenvalue weighted by Crippen LogP contribution is 2.48. The number of anilines is 3. The van der Waals surface area contributed by atoms with E-state index in [-0.39, 0.29) is 23.0 Å². The van der Waals surface area contributed by atoms with E-state index in [1.807, 2.05) is 0 Å². The minimum atomic E-state index is -0.00576. The molecule has 0 aliphatic carbocycles. The molecule has 8 aromatic rings. The summed E-state index contributed by atoms with van der Waals surface area (Å²) in [5, 5.41) is 2.31. The molecule has 0 saturated heterocycles. The van der Waals surface area contributed by atoms with Gasteiger partial charge in [-0.05, 0) is 114 Å². The summed E-state index contributed by atoms with van der Waals surface area (Å²) in [5.74, 6) is 0. The maximum Gasteiger partial charge on any atom is 0.248 e. The Balaban J connectivity index is 1.34. The van der Waals surface area contributed by atoms with Gasteiger partial charge in [0.2, 0.25) is 6.71 Å². The third-order valence-electron chi connectivity index (χ3n) is 12.6. The van der Waals surface area contributed by atoms with E-state index in [0.717, 1.165) is 21.9 Å². The van der Waals surface area contributed by atoms with Gasteiger partial charge in [0.05, 0.1) is 5.69 Å². The molecule has 0 spiro atoms. The van der Waals surface area contributed by atoms with Crippen molar-refractivity contribution in [3.63, 3.8) is 0 Å². The number of hydrogen-bond donors (Lipinski definition) is 0. The molecule has 3 heterocycles. The van der Waals surface area contributed by atoms with Crippen LogP contribution in [0.15, 0.2) is 144 Å². The van der Waals surface area contributed by atoms with Gasteiger partial charge in [-0.25, -0.2) is 0 Å². The van der Waals surface area contributed by atoms with Crippen molar-refractivity contribution in [2.75, 3.05) is 4.90 Å². The number of para-hydroxylation sites is 1. The number of hydrogen-bond acceptors (Lipinski definition) is 2. The minimum absolute atomic E-state index is 0.00285. The van der Waals surface area contributed by atoms with Crippen LogP contribution in [0.5, 0.6) is 0 Å². The van der Waals surface area contributed by atoms with Crippen molar-refractivity contribution in [2.45, 2.75) is 78.6 Å². The van der Waals surface area contributed by atoms with E-state index in [1.54, 1.807) is 0 Å². The molecule has 0 saturated carbocycles. The Morgan fingerprint density at radius 2 is 1.04 bits per heavy atom. The van der Waals surface area contributed by atoms with Crippen molar-refractivity contribution in [1.82, 2.24) is 0 Å². The van der Waals surface area contributed by atoms with Gasteiger partial charge in [-0.3, -0.25) is 0 Å². The van der Waals surface area contributed by atoms with Crippen LogP contribution in [0.25, 0.3) is 55.3 Å². The lowest BCUT2D eigenvalue weighted by atomic mass is 9.36. The molecular formula is C54H50BNO. The van der Waals surface area contributed by atoms with Crippen molar-refractivity contribution in [1.29, 1.82) is 0 Å². The monoisotopic (exact) mass is 739 g/mol. The second-order valence-corrected chi connectivity index (χ2v) is 19.4. The van der Waals surface area contributed by atoms with Crippen LogP contribution in [0.3, 0.4) is 0 Å². The van der Waals surface area contributed by atoms with Gasteiger partial charge in [-0.2, -0.15) is 0 Å². The zero-order valence-corrected chi connectivity index (χ0v) is 34.7. The SMILES string of the molecule is CC(C)(C)c1ccc2c(c1)B1c3cc(C(C)(C)C)ccc3N(c3ccc(C(C)(C)C)cc3-c3ccccc3)c3cc(-c4cccc5oc6ccccc6c45)cc-2c31. The Bertz CT molecular complexity index is 2910. The van der Waals surface area contributed by atoms with Crippen LogP contribution in [0, 0.1) is 0 Å². The summed E-state index contributed by atoms with van der Waals surface area (Å²) >= 11 is 0. The van der Waals surface area contributed by atoms with Gasteiger partial charge < -0.3 is 9.32 Å². The molecule has 0 amide bonds. The Morgan fingerprint density at radius 1 is 0.421 bits per heavy atom. The molecule has 0 atom stereocenters. The van der Waals surface area contributed by atoms with E-state index < -0.39 is 0 Å². The standard InChI is InChI=1S/C54H50BNO/c1-52(2,3)35-23-26-45(41(30-35)33-16-11-10-12-17-33)56-46-27-24-37(54(7,8)9)32-44(46)55-43-31-36(53(4,5)6)22-25-39(43)42-28-34(29-47(56)51(42)55)38-19-15-21-49-50(38)40-18-13-14-20-48(40)57-49/h10-32H,1-9H3. The molecule has 0 radical (unpaired) electrons. The average molecular weight is 740 g/mol. The lowest BCUT2D eigenvalue weighted by Crippen LogP contribution is -2.55. The number of fused-ring (bicyclic) bond motifs is 8. The molecule has 2 aliphatic rings. The third kappa shape index (κ3) is 5.61. The van der Waals surface area contributed by atoms with Crippen LogP contribution in [0.4, 0.5) is 17.1 Å². The lowest BCUT2D eigenvalue weighted by Gasteiger charge is -2.38. The van der Waals surface area contributed by atoms with Gasteiger partial charge in [0.25, 0.3) is 0 Å². The maximum absolute atomic E-state index is 6.46. The Hall–Kier alpha value is -5.80. The molecular weight excluding hydrogens is 689 g/mol. The van der Waals surface area contributed by atoms with Crippen LogP contribution < -0.4 is 21.3 Å². The normalized spacial score (nSPS) is 13.6. The molecule has 1 aromatic heterocycles. The van der Waals surface area contributed by atoms with Crippen molar-refractivity contribution in [3.8, 4) is 33.4 Å². The smallest absolute Gasteiger partial charge is 0.248 e. The lowest BCUT2D eigenvalue weighted by molar-refractivity contribution is 0.590. The first-order valence-corrected chi connectivity index (χ1v) is 20.5. The summed E-state index contributed by atoms with van der Waals surface area (Å²) in [7, 11) is 0. The van der Waals surface area contributed by atoms with E-state index in [0.29, 0.717) is 0 Å². The molecule has 280 valence electrons. The fraction of sp³-hybridized carbons (Fsp3) is 0.222. The van der Waals surface area contributed by atoms with E-state index >= 15 is 0 Å². The summed E-state index contributed by atoms with van der Waals surface area (Å²) < 4.78 is 6.46. The topological polar surface area (TPSA) is 16.4 Å². The zero-order valence-electron chi connectivity index (χ0n) is 34.7. The van der Waals surface area contributed by atoms with Crippen LogP contribution in [-0.2, 0) is 16.2 Å². The van der Waals surface area contributed by atoms with Gasteiger partial charge in [0.1, 0.15) is 11.2 Å². The molecule has 2 aliphatic heterocycles. The third-order valence-corrected chi connectivity index (χ3v) is 12.6. The molecule has 7 aromatic carbocycles. The Kier molecular flexibility index (Phi) is 7.72. The molecule has 2 nitrogen and oxygen atoms in total.